The van der Waals surface area contributed by atoms with Crippen molar-refractivity contribution in [3.63, 3.8) is 0 Å². The molecule has 3 aliphatic rings. The van der Waals surface area contributed by atoms with Crippen molar-refractivity contribution >= 4 is 5.78 Å². The highest BCUT2D eigenvalue weighted by Crippen LogP contribution is 2.66. The van der Waals surface area contributed by atoms with E-state index >= 15 is 0 Å². The summed E-state index contributed by atoms with van der Waals surface area (Å²) in [7, 11) is 0. The molecule has 24 heavy (non-hydrogen) atoms. The minimum absolute atomic E-state index is 0.0366. The van der Waals surface area contributed by atoms with E-state index in [1.54, 1.807) is 0 Å². The third-order valence-electron chi connectivity index (χ3n) is 7.86. The fourth-order valence-electron chi connectivity index (χ4n) is 6.78. The van der Waals surface area contributed by atoms with Crippen LogP contribution in [-0.4, -0.2) is 28.7 Å². The number of Topliss-reactive ketones (excluding diaryl/α,β-unsaturated/α-hetero) is 1. The summed E-state index contributed by atoms with van der Waals surface area (Å²) in [6.07, 6.45) is 6.91. The molecular formula is C20H28O4. The monoisotopic (exact) mass is 332 g/mol. The molecule has 0 saturated heterocycles. The number of carbonyl (C=O) groups excluding carboxylic acids is 1. The molecule has 1 aromatic heterocycles. The average Bonchev–Trinajstić information content (AvgIpc) is 3.02. The lowest BCUT2D eigenvalue weighted by Crippen LogP contribution is -2.64. The lowest BCUT2D eigenvalue weighted by Gasteiger charge is -2.64. The first-order valence-electron chi connectivity index (χ1n) is 9.14. The second-order valence-electron chi connectivity index (χ2n) is 9.18. The van der Waals surface area contributed by atoms with Crippen molar-refractivity contribution in [3.05, 3.63) is 23.7 Å². The highest BCUT2D eigenvalue weighted by atomic mass is 16.3. The number of aryl methyl sites for hydroxylation is 1. The molecule has 0 aromatic carbocycles. The van der Waals surface area contributed by atoms with E-state index in [-0.39, 0.29) is 35.1 Å². The Balaban J connectivity index is 1.85. The molecular weight excluding hydrogens is 304 g/mol. The number of carbonyl (C=O) groups is 1. The minimum Gasteiger partial charge on any atom is -0.472 e. The average molecular weight is 332 g/mol. The number of rotatable bonds is 1. The van der Waals surface area contributed by atoms with Crippen LogP contribution >= 0.6 is 0 Å². The number of hydrogen-bond acceptors (Lipinski definition) is 4. The maximum absolute atomic E-state index is 12.6. The molecule has 0 radical (unpaired) electrons. The zero-order valence-electron chi connectivity index (χ0n) is 14.8. The molecule has 1 aromatic rings. The van der Waals surface area contributed by atoms with Crippen LogP contribution in [0.1, 0.15) is 57.6 Å². The van der Waals surface area contributed by atoms with Crippen LogP contribution in [0.5, 0.6) is 0 Å². The Bertz CT molecular complexity index is 675. The zero-order valence-corrected chi connectivity index (χ0v) is 14.8. The van der Waals surface area contributed by atoms with Gasteiger partial charge in [-0.25, -0.2) is 0 Å². The van der Waals surface area contributed by atoms with Crippen molar-refractivity contribution < 1.29 is 19.4 Å². The Morgan fingerprint density at radius 1 is 1.21 bits per heavy atom. The normalized spacial score (nSPS) is 43.7. The SMILES string of the molecule is CC1(C)[C@H](O)C(=O)C[C@@]2(C)[C@@H]1CC[C@]1(CO)c3cocc3CC[C@@H]12. The predicted octanol–water partition coefficient (Wildman–Crippen LogP) is 2.85. The van der Waals surface area contributed by atoms with Crippen LogP contribution < -0.4 is 0 Å². The Morgan fingerprint density at radius 3 is 2.67 bits per heavy atom. The van der Waals surface area contributed by atoms with Crippen LogP contribution in [0.15, 0.2) is 16.9 Å². The molecule has 2 N–H and O–H groups in total. The predicted molar refractivity (Wildman–Crippen MR) is 89.5 cm³/mol. The summed E-state index contributed by atoms with van der Waals surface area (Å²) < 4.78 is 5.47. The number of aliphatic hydroxyl groups is 2. The van der Waals surface area contributed by atoms with Crippen molar-refractivity contribution in [2.24, 2.45) is 22.7 Å². The van der Waals surface area contributed by atoms with Crippen LogP contribution in [-0.2, 0) is 16.6 Å². The van der Waals surface area contributed by atoms with Gasteiger partial charge in [-0.2, -0.15) is 0 Å². The molecule has 5 atom stereocenters. The summed E-state index contributed by atoms with van der Waals surface area (Å²) in [4.78, 5) is 12.6. The quantitative estimate of drug-likeness (QED) is 0.829. The van der Waals surface area contributed by atoms with E-state index in [1.807, 2.05) is 26.4 Å². The van der Waals surface area contributed by atoms with Crippen molar-refractivity contribution in [2.45, 2.75) is 64.4 Å². The maximum Gasteiger partial charge on any atom is 0.162 e. The van der Waals surface area contributed by atoms with Gasteiger partial charge in [0, 0.05) is 22.8 Å². The third-order valence-corrected chi connectivity index (χ3v) is 7.86. The van der Waals surface area contributed by atoms with Gasteiger partial charge in [-0.15, -0.1) is 0 Å². The van der Waals surface area contributed by atoms with Gasteiger partial charge in [-0.1, -0.05) is 20.8 Å². The summed E-state index contributed by atoms with van der Waals surface area (Å²) in [5.41, 5.74) is 1.46. The lowest BCUT2D eigenvalue weighted by atomic mass is 9.40. The third kappa shape index (κ3) is 1.79. The van der Waals surface area contributed by atoms with E-state index in [4.69, 9.17) is 4.42 Å². The van der Waals surface area contributed by atoms with Gasteiger partial charge in [0.1, 0.15) is 6.10 Å². The molecule has 4 rings (SSSR count). The van der Waals surface area contributed by atoms with Crippen molar-refractivity contribution in [3.8, 4) is 0 Å². The van der Waals surface area contributed by atoms with E-state index in [1.165, 1.54) is 5.56 Å². The molecule has 132 valence electrons. The second-order valence-corrected chi connectivity index (χ2v) is 9.18. The largest absolute Gasteiger partial charge is 0.472 e. The summed E-state index contributed by atoms with van der Waals surface area (Å²) in [6, 6.07) is 0. The highest BCUT2D eigenvalue weighted by Gasteiger charge is 2.64. The molecule has 0 amide bonds. The van der Waals surface area contributed by atoms with Crippen LogP contribution in [0.3, 0.4) is 0 Å². The molecule has 4 heteroatoms. The van der Waals surface area contributed by atoms with Gasteiger partial charge in [-0.05, 0) is 48.5 Å². The van der Waals surface area contributed by atoms with E-state index in [0.717, 1.165) is 31.2 Å². The van der Waals surface area contributed by atoms with Gasteiger partial charge < -0.3 is 14.6 Å². The molecule has 1 heterocycles. The molecule has 0 bridgehead atoms. The summed E-state index contributed by atoms with van der Waals surface area (Å²) in [6.45, 7) is 6.40. The summed E-state index contributed by atoms with van der Waals surface area (Å²) >= 11 is 0. The van der Waals surface area contributed by atoms with Crippen LogP contribution in [0.25, 0.3) is 0 Å². The molecule has 0 unspecified atom stereocenters. The van der Waals surface area contributed by atoms with Gasteiger partial charge in [0.2, 0.25) is 0 Å². The van der Waals surface area contributed by atoms with E-state index in [9.17, 15) is 15.0 Å². The van der Waals surface area contributed by atoms with Crippen molar-refractivity contribution in [2.75, 3.05) is 6.61 Å². The Labute approximate surface area is 143 Å². The molecule has 2 fully saturated rings. The Kier molecular flexibility index (Phi) is 3.37. The number of fused-ring (bicyclic) bond motifs is 5. The smallest absolute Gasteiger partial charge is 0.162 e. The van der Waals surface area contributed by atoms with Crippen molar-refractivity contribution in [1.29, 1.82) is 0 Å². The van der Waals surface area contributed by atoms with E-state index in [0.29, 0.717) is 6.42 Å². The summed E-state index contributed by atoms with van der Waals surface area (Å²) in [5, 5.41) is 20.9. The molecule has 3 aliphatic carbocycles. The molecule has 2 saturated carbocycles. The maximum atomic E-state index is 12.6. The molecule has 0 aliphatic heterocycles. The van der Waals surface area contributed by atoms with E-state index < -0.39 is 11.5 Å². The summed E-state index contributed by atoms with van der Waals surface area (Å²) in [5.74, 6) is 0.496. The number of aliphatic hydroxyl groups excluding tert-OH is 2. The fourth-order valence-corrected chi connectivity index (χ4v) is 6.78. The van der Waals surface area contributed by atoms with Crippen LogP contribution in [0.2, 0.25) is 0 Å². The van der Waals surface area contributed by atoms with Crippen LogP contribution in [0, 0.1) is 22.7 Å². The Hall–Kier alpha value is -1.13. The number of hydrogen-bond donors (Lipinski definition) is 2. The van der Waals surface area contributed by atoms with Gasteiger partial charge in [0.05, 0.1) is 19.1 Å². The van der Waals surface area contributed by atoms with Crippen molar-refractivity contribution in [1.82, 2.24) is 0 Å². The first-order valence-corrected chi connectivity index (χ1v) is 9.14. The first kappa shape index (κ1) is 16.3. The highest BCUT2D eigenvalue weighted by molar-refractivity contribution is 5.85. The van der Waals surface area contributed by atoms with Gasteiger partial charge in [0.25, 0.3) is 0 Å². The Morgan fingerprint density at radius 2 is 1.96 bits per heavy atom. The molecule has 4 nitrogen and oxygen atoms in total. The van der Waals surface area contributed by atoms with Gasteiger partial charge >= 0.3 is 0 Å². The topological polar surface area (TPSA) is 70.7 Å². The minimum atomic E-state index is -0.870. The standard InChI is InChI=1S/C20H28O4/c1-18(2)15-6-7-20(11-21)13-10-24-9-12(13)4-5-16(20)19(15,3)8-14(22)17(18)23/h9-10,15-17,21,23H,4-8,11H2,1-3H3/t15-,16-,17-,19+,20+/m1/s1. The zero-order chi connectivity index (χ0) is 17.3. The number of ketones is 1. The van der Waals surface area contributed by atoms with Gasteiger partial charge in [0.15, 0.2) is 5.78 Å². The second kappa shape index (κ2) is 4.95. The first-order chi connectivity index (χ1) is 11.3. The van der Waals surface area contributed by atoms with Gasteiger partial charge in [-0.3, -0.25) is 4.79 Å². The fraction of sp³-hybridized carbons (Fsp3) is 0.750. The van der Waals surface area contributed by atoms with E-state index in [2.05, 4.69) is 6.92 Å². The van der Waals surface area contributed by atoms with Crippen LogP contribution in [0.4, 0.5) is 0 Å². The molecule has 0 spiro atoms. The number of furan rings is 1. The lowest BCUT2D eigenvalue weighted by molar-refractivity contribution is -0.178.